The van der Waals surface area contributed by atoms with E-state index in [0.29, 0.717) is 6.42 Å². The Balaban J connectivity index is 1.50. The summed E-state index contributed by atoms with van der Waals surface area (Å²) in [6, 6.07) is 13.2. The number of amides is 1. The molecule has 0 radical (unpaired) electrons. The number of rotatable bonds is 2. The molecule has 0 aromatic heterocycles. The molecule has 1 aliphatic carbocycles. The third-order valence-corrected chi connectivity index (χ3v) is 4.92. The number of nitrogens with one attached hydrogen (secondary N) is 1. The average molecular weight is 320 g/mol. The first-order valence-electron chi connectivity index (χ1n) is 8.44. The summed E-state index contributed by atoms with van der Waals surface area (Å²) < 4.78 is 0. The normalized spacial score (nSPS) is 21.7. The highest BCUT2D eigenvalue weighted by molar-refractivity contribution is 5.90. The predicted octanol–water partition coefficient (Wildman–Crippen LogP) is 2.93. The van der Waals surface area contributed by atoms with E-state index in [2.05, 4.69) is 28.5 Å². The van der Waals surface area contributed by atoms with E-state index in [-0.39, 0.29) is 17.7 Å². The Kier molecular flexibility index (Phi) is 3.81. The summed E-state index contributed by atoms with van der Waals surface area (Å²) in [5, 5.41) is 12.7. The number of phenolic OH excluding ortho intramolecular Hbond substituents is 1. The van der Waals surface area contributed by atoms with E-state index in [9.17, 15) is 9.90 Å². The van der Waals surface area contributed by atoms with Crippen molar-refractivity contribution >= 4 is 12.1 Å². The van der Waals surface area contributed by atoms with E-state index >= 15 is 0 Å². The van der Waals surface area contributed by atoms with Gasteiger partial charge >= 0.3 is 0 Å². The Hall–Kier alpha value is -2.62. The molecule has 2 aromatic rings. The van der Waals surface area contributed by atoms with Crippen molar-refractivity contribution in [3.05, 3.63) is 64.7 Å². The van der Waals surface area contributed by atoms with Crippen LogP contribution in [0.4, 0.5) is 0 Å². The van der Waals surface area contributed by atoms with E-state index < -0.39 is 6.04 Å². The molecule has 2 aromatic carbocycles. The van der Waals surface area contributed by atoms with Crippen LogP contribution >= 0.6 is 0 Å². The van der Waals surface area contributed by atoms with Gasteiger partial charge in [0.1, 0.15) is 11.8 Å². The van der Waals surface area contributed by atoms with Crippen molar-refractivity contribution in [2.75, 3.05) is 0 Å². The maximum absolute atomic E-state index is 12.7. The highest BCUT2D eigenvalue weighted by atomic mass is 16.3. The summed E-state index contributed by atoms with van der Waals surface area (Å²) in [4.78, 5) is 17.1. The van der Waals surface area contributed by atoms with Crippen LogP contribution in [0.5, 0.6) is 5.75 Å². The standard InChI is InChI=1S/C20H20N2O2/c23-16-9-8-14-11-19(21-12-15(14)10-16)20(24)22-18-7-3-5-13-4-1-2-6-17(13)18/h1-2,4,6,8-10,12,18-19,23H,3,5,7,11H2,(H,22,24)/t18-,19+/m1/s1. The van der Waals surface area contributed by atoms with E-state index in [1.54, 1.807) is 18.3 Å². The Labute approximate surface area is 141 Å². The zero-order valence-corrected chi connectivity index (χ0v) is 13.4. The molecule has 0 unspecified atom stereocenters. The number of aliphatic imine (C=N–C) groups is 1. The highest BCUT2D eigenvalue weighted by Gasteiger charge is 2.27. The number of benzene rings is 2. The minimum Gasteiger partial charge on any atom is -0.508 e. The lowest BCUT2D eigenvalue weighted by atomic mass is 9.87. The zero-order valence-electron chi connectivity index (χ0n) is 13.4. The molecular formula is C20H20N2O2. The molecule has 4 rings (SSSR count). The van der Waals surface area contributed by atoms with Crippen molar-refractivity contribution in [3.63, 3.8) is 0 Å². The van der Waals surface area contributed by atoms with E-state index in [0.717, 1.165) is 30.4 Å². The van der Waals surface area contributed by atoms with Crippen LogP contribution in [0.3, 0.4) is 0 Å². The van der Waals surface area contributed by atoms with Crippen LogP contribution in [0.1, 0.15) is 41.1 Å². The van der Waals surface area contributed by atoms with Crippen molar-refractivity contribution in [2.45, 2.75) is 37.8 Å². The topological polar surface area (TPSA) is 61.7 Å². The van der Waals surface area contributed by atoms with Crippen LogP contribution in [0.15, 0.2) is 47.5 Å². The molecule has 0 bridgehead atoms. The second-order valence-corrected chi connectivity index (χ2v) is 6.53. The number of hydrogen-bond donors (Lipinski definition) is 2. The number of hydrogen-bond acceptors (Lipinski definition) is 3. The summed E-state index contributed by atoms with van der Waals surface area (Å²) in [7, 11) is 0. The molecule has 4 heteroatoms. The Morgan fingerprint density at radius 3 is 2.96 bits per heavy atom. The number of nitrogens with zero attached hydrogens (tertiary/aromatic N) is 1. The third kappa shape index (κ3) is 2.80. The van der Waals surface area contributed by atoms with Crippen LogP contribution in [-0.2, 0) is 17.6 Å². The Morgan fingerprint density at radius 2 is 2.04 bits per heavy atom. The first-order chi connectivity index (χ1) is 11.7. The molecule has 1 amide bonds. The van der Waals surface area contributed by atoms with Crippen molar-refractivity contribution in [3.8, 4) is 5.75 Å². The highest BCUT2D eigenvalue weighted by Crippen LogP contribution is 2.30. The molecule has 0 saturated heterocycles. The smallest absolute Gasteiger partial charge is 0.245 e. The summed E-state index contributed by atoms with van der Waals surface area (Å²) in [6.07, 6.45) is 5.42. The van der Waals surface area contributed by atoms with E-state index in [1.165, 1.54) is 11.1 Å². The van der Waals surface area contributed by atoms with Crippen LogP contribution < -0.4 is 5.32 Å². The van der Waals surface area contributed by atoms with E-state index in [4.69, 9.17) is 0 Å². The number of carbonyl (C=O) groups excluding carboxylic acids is 1. The van der Waals surface area contributed by atoms with Gasteiger partial charge in [-0.1, -0.05) is 30.3 Å². The predicted molar refractivity (Wildman–Crippen MR) is 93.5 cm³/mol. The molecule has 1 heterocycles. The fourth-order valence-corrected chi connectivity index (χ4v) is 3.65. The van der Waals surface area contributed by atoms with Gasteiger partial charge in [0.15, 0.2) is 0 Å². The van der Waals surface area contributed by atoms with Gasteiger partial charge < -0.3 is 10.4 Å². The first kappa shape index (κ1) is 14.9. The molecule has 2 N–H and O–H groups in total. The fraction of sp³-hybridized carbons (Fsp3) is 0.300. The van der Waals surface area contributed by atoms with Crippen LogP contribution in [0.25, 0.3) is 0 Å². The summed E-state index contributed by atoms with van der Waals surface area (Å²) in [5.74, 6) is 0.202. The molecule has 2 aliphatic rings. The van der Waals surface area contributed by atoms with Crippen molar-refractivity contribution < 1.29 is 9.90 Å². The third-order valence-electron chi connectivity index (χ3n) is 4.92. The first-order valence-corrected chi connectivity index (χ1v) is 8.44. The Morgan fingerprint density at radius 1 is 1.17 bits per heavy atom. The summed E-state index contributed by atoms with van der Waals surface area (Å²) >= 11 is 0. The van der Waals surface area contributed by atoms with Gasteiger partial charge in [0.25, 0.3) is 0 Å². The van der Waals surface area contributed by atoms with Gasteiger partial charge in [0.2, 0.25) is 5.91 Å². The van der Waals surface area contributed by atoms with Gasteiger partial charge in [-0.2, -0.15) is 0 Å². The van der Waals surface area contributed by atoms with Gasteiger partial charge in [0.05, 0.1) is 6.04 Å². The van der Waals surface area contributed by atoms with Gasteiger partial charge in [-0.05, 0) is 53.6 Å². The van der Waals surface area contributed by atoms with Crippen molar-refractivity contribution in [2.24, 2.45) is 4.99 Å². The molecular weight excluding hydrogens is 300 g/mol. The maximum atomic E-state index is 12.7. The molecule has 122 valence electrons. The van der Waals surface area contributed by atoms with E-state index in [1.807, 2.05) is 12.1 Å². The lowest BCUT2D eigenvalue weighted by molar-refractivity contribution is -0.123. The van der Waals surface area contributed by atoms with Gasteiger partial charge in [-0.25, -0.2) is 0 Å². The second kappa shape index (κ2) is 6.11. The summed E-state index contributed by atoms with van der Waals surface area (Å²) in [6.45, 7) is 0. The zero-order chi connectivity index (χ0) is 16.5. The van der Waals surface area contributed by atoms with Crippen LogP contribution in [0, 0.1) is 0 Å². The van der Waals surface area contributed by atoms with Crippen LogP contribution in [-0.4, -0.2) is 23.3 Å². The molecule has 24 heavy (non-hydrogen) atoms. The maximum Gasteiger partial charge on any atom is 0.245 e. The molecule has 0 fully saturated rings. The number of carbonyl (C=O) groups is 1. The minimum atomic E-state index is -0.392. The average Bonchev–Trinajstić information content (AvgIpc) is 2.61. The minimum absolute atomic E-state index is 0.0216. The number of aryl methyl sites for hydroxylation is 1. The second-order valence-electron chi connectivity index (χ2n) is 6.53. The van der Waals surface area contributed by atoms with Gasteiger partial charge in [0, 0.05) is 12.6 Å². The quantitative estimate of drug-likeness (QED) is 0.894. The molecule has 4 nitrogen and oxygen atoms in total. The van der Waals surface area contributed by atoms with Crippen molar-refractivity contribution in [1.82, 2.24) is 5.32 Å². The van der Waals surface area contributed by atoms with Crippen molar-refractivity contribution in [1.29, 1.82) is 0 Å². The Bertz CT molecular complexity index is 813. The van der Waals surface area contributed by atoms with Gasteiger partial charge in [-0.3, -0.25) is 9.79 Å². The molecule has 2 atom stereocenters. The van der Waals surface area contributed by atoms with Gasteiger partial charge in [-0.15, -0.1) is 0 Å². The molecule has 0 spiro atoms. The number of phenols is 1. The SMILES string of the molecule is O=C(N[C@@H]1CCCc2ccccc21)[C@@H]1Cc2ccc(O)cc2C=N1. The molecule has 0 saturated carbocycles. The lowest BCUT2D eigenvalue weighted by Crippen LogP contribution is -2.39. The molecule has 1 aliphatic heterocycles. The fourth-order valence-electron chi connectivity index (χ4n) is 3.65. The number of aromatic hydroxyl groups is 1. The van der Waals surface area contributed by atoms with Crippen LogP contribution in [0.2, 0.25) is 0 Å². The number of fused-ring (bicyclic) bond motifs is 2. The largest absolute Gasteiger partial charge is 0.508 e. The lowest BCUT2D eigenvalue weighted by Gasteiger charge is -2.28. The summed E-state index contributed by atoms with van der Waals surface area (Å²) in [5.41, 5.74) is 4.51. The monoisotopic (exact) mass is 320 g/mol.